The molecule has 4 nitrogen and oxygen atoms in total. The van der Waals surface area contributed by atoms with Crippen LogP contribution in [0.3, 0.4) is 0 Å². The Labute approximate surface area is 74.9 Å². The van der Waals surface area contributed by atoms with Gasteiger partial charge in [-0.25, -0.2) is 0 Å². The van der Waals surface area contributed by atoms with Gasteiger partial charge >= 0.3 is 73.9 Å². The summed E-state index contributed by atoms with van der Waals surface area (Å²) in [6.07, 6.45) is 3.68. The zero-order chi connectivity index (χ0) is 10.6. The molecule has 0 saturated carbocycles. The fourth-order valence-electron chi connectivity index (χ4n) is 0.611. The van der Waals surface area contributed by atoms with Gasteiger partial charge in [0.05, 0.1) is 0 Å². The van der Waals surface area contributed by atoms with Crippen LogP contribution in [0.4, 0.5) is 8.39 Å². The van der Waals surface area contributed by atoms with Gasteiger partial charge in [-0.15, -0.1) is 0 Å². The summed E-state index contributed by atoms with van der Waals surface area (Å²) in [7, 11) is -6.87. The third-order valence-corrected chi connectivity index (χ3v) is 1.60. The SMILES string of the molecule is C#CCOCC(C)OP(O)(O)(F)F. The summed E-state index contributed by atoms with van der Waals surface area (Å²) >= 11 is 0. The molecule has 0 radical (unpaired) electrons. The molecule has 0 aromatic rings. The van der Waals surface area contributed by atoms with Crippen LogP contribution in [-0.2, 0) is 9.26 Å². The number of halogens is 2. The standard InChI is InChI=1S/C6H11F2O4P/c1-3-4-11-5-6(2)12-13(7,8,9)10/h1,6,9-10H,4-5H2,2H3. The third-order valence-electron chi connectivity index (χ3n) is 0.892. The summed E-state index contributed by atoms with van der Waals surface area (Å²) in [6.45, 7) is 0.944. The van der Waals surface area contributed by atoms with Crippen molar-refractivity contribution in [2.24, 2.45) is 0 Å². The molecule has 0 aromatic heterocycles. The van der Waals surface area contributed by atoms with Crippen LogP contribution in [0.25, 0.3) is 0 Å². The van der Waals surface area contributed by atoms with Crippen molar-refractivity contribution in [2.45, 2.75) is 13.0 Å². The quantitative estimate of drug-likeness (QED) is 0.410. The van der Waals surface area contributed by atoms with E-state index in [1.807, 2.05) is 0 Å². The molecule has 0 fully saturated rings. The van der Waals surface area contributed by atoms with Crippen molar-refractivity contribution >= 4 is 7.91 Å². The van der Waals surface area contributed by atoms with Gasteiger partial charge in [-0.05, 0) is 0 Å². The minimum absolute atomic E-state index is 0.0426. The van der Waals surface area contributed by atoms with Gasteiger partial charge in [0.15, 0.2) is 0 Å². The molecule has 0 aliphatic rings. The van der Waals surface area contributed by atoms with Crippen molar-refractivity contribution in [3.8, 4) is 12.3 Å². The maximum atomic E-state index is 12.1. The van der Waals surface area contributed by atoms with E-state index in [1.54, 1.807) is 0 Å². The number of ether oxygens (including phenoxy) is 1. The van der Waals surface area contributed by atoms with E-state index in [9.17, 15) is 8.39 Å². The molecule has 0 rings (SSSR count). The molecule has 0 aromatic carbocycles. The summed E-state index contributed by atoms with van der Waals surface area (Å²) in [5.41, 5.74) is 0. The van der Waals surface area contributed by atoms with E-state index in [2.05, 4.69) is 15.2 Å². The van der Waals surface area contributed by atoms with Gasteiger partial charge in [0.25, 0.3) is 0 Å². The van der Waals surface area contributed by atoms with E-state index in [4.69, 9.17) is 16.2 Å². The van der Waals surface area contributed by atoms with Crippen molar-refractivity contribution in [3.63, 3.8) is 0 Å². The Morgan fingerprint density at radius 1 is 1.54 bits per heavy atom. The molecule has 7 heteroatoms. The summed E-state index contributed by atoms with van der Waals surface area (Å²) < 4.78 is 32.5. The first-order chi connectivity index (χ1) is 5.71. The van der Waals surface area contributed by atoms with E-state index in [-0.39, 0.29) is 13.2 Å². The van der Waals surface area contributed by atoms with Crippen molar-refractivity contribution in [1.82, 2.24) is 0 Å². The van der Waals surface area contributed by atoms with E-state index in [0.717, 1.165) is 0 Å². The van der Waals surface area contributed by atoms with Crippen LogP contribution in [-0.4, -0.2) is 29.1 Å². The van der Waals surface area contributed by atoms with Gasteiger partial charge in [0, 0.05) is 0 Å². The second-order valence-electron chi connectivity index (χ2n) is 2.39. The Morgan fingerprint density at radius 2 is 2.08 bits per heavy atom. The molecule has 0 heterocycles. The Kier molecular flexibility index (Phi) is 4.17. The summed E-state index contributed by atoms with van der Waals surface area (Å²) in [5.74, 6) is 2.12. The van der Waals surface area contributed by atoms with Crippen molar-refractivity contribution < 1.29 is 27.4 Å². The molecular weight excluding hydrogens is 205 g/mol. The second kappa shape index (κ2) is 4.27. The monoisotopic (exact) mass is 216 g/mol. The van der Waals surface area contributed by atoms with E-state index in [1.165, 1.54) is 6.92 Å². The Balaban J connectivity index is 3.77. The molecule has 1 unspecified atom stereocenters. The van der Waals surface area contributed by atoms with Gasteiger partial charge in [0.2, 0.25) is 0 Å². The first-order valence-electron chi connectivity index (χ1n) is 3.36. The van der Waals surface area contributed by atoms with Crippen molar-refractivity contribution in [2.75, 3.05) is 13.2 Å². The molecule has 0 amide bonds. The molecule has 78 valence electrons. The summed E-state index contributed by atoms with van der Waals surface area (Å²) in [5, 5.41) is 0. The first-order valence-corrected chi connectivity index (χ1v) is 5.20. The zero-order valence-electron chi connectivity index (χ0n) is 6.98. The maximum absolute atomic E-state index is 12.1. The molecule has 1 atom stereocenters. The van der Waals surface area contributed by atoms with Crippen LogP contribution in [0.1, 0.15) is 6.92 Å². The number of hydrogen-bond donors (Lipinski definition) is 2. The number of rotatable bonds is 5. The third kappa shape index (κ3) is 9.61. The van der Waals surface area contributed by atoms with Gasteiger partial charge in [-0.1, -0.05) is 0 Å². The summed E-state index contributed by atoms with van der Waals surface area (Å²) in [4.78, 5) is 16.1. The molecule has 0 spiro atoms. The fourth-order valence-corrected chi connectivity index (χ4v) is 1.27. The molecular formula is C6H11F2O4P. The van der Waals surface area contributed by atoms with Gasteiger partial charge < -0.3 is 0 Å². The van der Waals surface area contributed by atoms with Gasteiger partial charge in [0.1, 0.15) is 0 Å². The number of hydrogen-bond acceptors (Lipinski definition) is 4. The van der Waals surface area contributed by atoms with Gasteiger partial charge in [-0.3, -0.25) is 0 Å². The van der Waals surface area contributed by atoms with E-state index in [0.29, 0.717) is 0 Å². The zero-order valence-corrected chi connectivity index (χ0v) is 7.88. The van der Waals surface area contributed by atoms with Crippen LogP contribution in [0.15, 0.2) is 0 Å². The predicted octanol–water partition coefficient (Wildman–Crippen LogP) is 1.09. The molecule has 13 heavy (non-hydrogen) atoms. The van der Waals surface area contributed by atoms with Crippen LogP contribution in [0.5, 0.6) is 0 Å². The molecule has 0 saturated heterocycles. The van der Waals surface area contributed by atoms with Gasteiger partial charge in [-0.2, -0.15) is 0 Å². The van der Waals surface area contributed by atoms with Crippen molar-refractivity contribution in [1.29, 1.82) is 0 Å². The topological polar surface area (TPSA) is 58.9 Å². The molecule has 0 aliphatic heterocycles. The minimum atomic E-state index is -6.87. The first kappa shape index (κ1) is 12.7. The van der Waals surface area contributed by atoms with Crippen LogP contribution in [0.2, 0.25) is 0 Å². The van der Waals surface area contributed by atoms with Crippen LogP contribution < -0.4 is 0 Å². The molecule has 2 N–H and O–H groups in total. The van der Waals surface area contributed by atoms with Crippen molar-refractivity contribution in [3.05, 3.63) is 0 Å². The Hall–Kier alpha value is -0.310. The molecule has 0 aliphatic carbocycles. The molecule has 0 bridgehead atoms. The normalized spacial score (nSPS) is 17.1. The van der Waals surface area contributed by atoms with E-state index >= 15 is 0 Å². The average Bonchev–Trinajstić information content (AvgIpc) is 1.82. The Morgan fingerprint density at radius 3 is 2.46 bits per heavy atom. The Bertz CT molecular complexity index is 198. The summed E-state index contributed by atoms with van der Waals surface area (Å²) in [6, 6.07) is 0. The fraction of sp³-hybridized carbons (Fsp3) is 0.667. The second-order valence-corrected chi connectivity index (χ2v) is 4.12. The van der Waals surface area contributed by atoms with Crippen LogP contribution >= 0.6 is 7.91 Å². The van der Waals surface area contributed by atoms with Crippen LogP contribution in [0, 0.1) is 12.3 Å². The average molecular weight is 216 g/mol. The van der Waals surface area contributed by atoms with E-state index < -0.39 is 14.0 Å². The number of terminal acetylenes is 1. The predicted molar refractivity (Wildman–Crippen MR) is 43.8 cm³/mol.